The van der Waals surface area contributed by atoms with Crippen molar-refractivity contribution < 1.29 is 5.11 Å². The van der Waals surface area contributed by atoms with Crippen molar-refractivity contribution in [3.8, 4) is 17.1 Å². The van der Waals surface area contributed by atoms with Gasteiger partial charge < -0.3 is 9.67 Å². The van der Waals surface area contributed by atoms with Crippen LogP contribution < -0.4 is 0 Å². The van der Waals surface area contributed by atoms with Gasteiger partial charge in [0.25, 0.3) is 0 Å². The molecule has 0 amide bonds. The van der Waals surface area contributed by atoms with Gasteiger partial charge in [-0.1, -0.05) is 12.1 Å². The first kappa shape index (κ1) is 12.7. The zero-order valence-electron chi connectivity index (χ0n) is 11.8. The quantitative estimate of drug-likeness (QED) is 0.770. The minimum atomic E-state index is 0.277. The minimum Gasteiger partial charge on any atom is -0.508 e. The molecule has 0 bridgehead atoms. The number of fused-ring (bicyclic) bond motifs is 1. The Hall–Kier alpha value is -2.36. The summed E-state index contributed by atoms with van der Waals surface area (Å²) in [4.78, 5) is 8.83. The van der Waals surface area contributed by atoms with Gasteiger partial charge in [-0.2, -0.15) is 0 Å². The second-order valence-corrected chi connectivity index (χ2v) is 5.21. The van der Waals surface area contributed by atoms with E-state index in [1.165, 1.54) is 0 Å². The monoisotopic (exact) mass is 267 g/mol. The number of aromatic nitrogens is 3. The summed E-state index contributed by atoms with van der Waals surface area (Å²) in [5, 5.41) is 9.92. The Balaban J connectivity index is 2.36. The summed E-state index contributed by atoms with van der Waals surface area (Å²) in [6.45, 7) is 6.17. The number of pyridine rings is 1. The van der Waals surface area contributed by atoms with Crippen LogP contribution in [0.3, 0.4) is 0 Å². The van der Waals surface area contributed by atoms with Crippen LogP contribution in [0.5, 0.6) is 5.75 Å². The number of rotatable bonds is 2. The highest BCUT2D eigenvalue weighted by Crippen LogP contribution is 2.32. The van der Waals surface area contributed by atoms with Gasteiger partial charge in [0.2, 0.25) is 0 Å². The molecule has 0 spiro atoms. The number of imidazole rings is 1. The van der Waals surface area contributed by atoms with Crippen LogP contribution in [-0.2, 0) is 0 Å². The predicted molar refractivity (Wildman–Crippen MR) is 79.8 cm³/mol. The zero-order valence-corrected chi connectivity index (χ0v) is 11.8. The third-order valence-corrected chi connectivity index (χ3v) is 3.55. The molecule has 20 heavy (non-hydrogen) atoms. The first-order chi connectivity index (χ1) is 9.59. The molecule has 2 aromatic heterocycles. The summed E-state index contributed by atoms with van der Waals surface area (Å²) in [5.41, 5.74) is 3.74. The van der Waals surface area contributed by atoms with Gasteiger partial charge in [-0.25, -0.2) is 4.98 Å². The van der Waals surface area contributed by atoms with Crippen molar-refractivity contribution >= 4 is 11.0 Å². The van der Waals surface area contributed by atoms with E-state index in [0.29, 0.717) is 5.75 Å². The van der Waals surface area contributed by atoms with Crippen molar-refractivity contribution in [1.29, 1.82) is 0 Å². The van der Waals surface area contributed by atoms with Gasteiger partial charge in [0.1, 0.15) is 17.1 Å². The molecule has 3 rings (SSSR count). The molecule has 4 heteroatoms. The summed E-state index contributed by atoms with van der Waals surface area (Å²) >= 11 is 0. The summed E-state index contributed by atoms with van der Waals surface area (Å²) in [5.74, 6) is 1.17. The average Bonchev–Trinajstić information content (AvgIpc) is 2.81. The molecule has 1 aromatic carbocycles. The first-order valence-corrected chi connectivity index (χ1v) is 6.70. The van der Waals surface area contributed by atoms with Crippen LogP contribution >= 0.6 is 0 Å². The fourth-order valence-electron chi connectivity index (χ4n) is 2.53. The van der Waals surface area contributed by atoms with Crippen molar-refractivity contribution in [1.82, 2.24) is 14.5 Å². The largest absolute Gasteiger partial charge is 0.508 e. The van der Waals surface area contributed by atoms with Crippen molar-refractivity contribution in [2.45, 2.75) is 26.8 Å². The van der Waals surface area contributed by atoms with Gasteiger partial charge in [0, 0.05) is 23.4 Å². The van der Waals surface area contributed by atoms with Crippen LogP contribution in [0.4, 0.5) is 0 Å². The van der Waals surface area contributed by atoms with Gasteiger partial charge in [0.15, 0.2) is 0 Å². The van der Waals surface area contributed by atoms with E-state index in [-0.39, 0.29) is 6.04 Å². The number of hydrogen-bond acceptors (Lipinski definition) is 3. The lowest BCUT2D eigenvalue weighted by molar-refractivity contribution is 0.471. The van der Waals surface area contributed by atoms with Crippen LogP contribution in [0, 0.1) is 6.92 Å². The smallest absolute Gasteiger partial charge is 0.141 e. The highest BCUT2D eigenvalue weighted by atomic mass is 16.3. The molecule has 0 radical (unpaired) electrons. The first-order valence-electron chi connectivity index (χ1n) is 6.70. The molecule has 0 unspecified atom stereocenters. The lowest BCUT2D eigenvalue weighted by Crippen LogP contribution is -2.03. The number of phenols is 1. The van der Waals surface area contributed by atoms with Crippen molar-refractivity contribution in [2.24, 2.45) is 0 Å². The number of nitrogens with zero attached hydrogens (tertiary/aromatic N) is 3. The normalized spacial score (nSPS) is 11.4. The van der Waals surface area contributed by atoms with Crippen molar-refractivity contribution in [3.63, 3.8) is 0 Å². The summed E-state index contributed by atoms with van der Waals surface area (Å²) in [6.07, 6.45) is 3.55. The van der Waals surface area contributed by atoms with E-state index >= 15 is 0 Å². The van der Waals surface area contributed by atoms with Gasteiger partial charge >= 0.3 is 0 Å². The molecular formula is C16H17N3O. The second-order valence-electron chi connectivity index (χ2n) is 5.21. The van der Waals surface area contributed by atoms with E-state index in [9.17, 15) is 5.11 Å². The Bertz CT molecular complexity index is 774. The highest BCUT2D eigenvalue weighted by molar-refractivity contribution is 5.81. The molecule has 4 nitrogen and oxygen atoms in total. The Labute approximate surface area is 117 Å². The molecule has 0 aliphatic carbocycles. The zero-order chi connectivity index (χ0) is 14.3. The summed E-state index contributed by atoms with van der Waals surface area (Å²) in [7, 11) is 0. The summed E-state index contributed by atoms with van der Waals surface area (Å²) < 4.78 is 2.18. The van der Waals surface area contributed by atoms with E-state index in [0.717, 1.165) is 28.0 Å². The van der Waals surface area contributed by atoms with Crippen LogP contribution in [-0.4, -0.2) is 19.6 Å². The van der Waals surface area contributed by atoms with Gasteiger partial charge in [-0.05, 0) is 32.9 Å². The van der Waals surface area contributed by atoms with E-state index in [1.807, 2.05) is 25.1 Å². The second kappa shape index (κ2) is 4.63. The molecule has 0 saturated heterocycles. The molecule has 0 fully saturated rings. The number of aromatic hydroxyl groups is 1. The van der Waals surface area contributed by atoms with E-state index in [2.05, 4.69) is 23.4 Å². The van der Waals surface area contributed by atoms with Crippen molar-refractivity contribution in [2.75, 3.05) is 0 Å². The number of phenolic OH excluding ortho intramolecular Hbond substituents is 1. The van der Waals surface area contributed by atoms with Crippen LogP contribution in [0.1, 0.15) is 25.5 Å². The van der Waals surface area contributed by atoms with Gasteiger partial charge in [-0.15, -0.1) is 0 Å². The van der Waals surface area contributed by atoms with Crippen LogP contribution in [0.25, 0.3) is 22.4 Å². The molecule has 102 valence electrons. The molecule has 0 saturated carbocycles. The Kier molecular flexibility index (Phi) is 2.93. The fraction of sp³-hybridized carbons (Fsp3) is 0.250. The van der Waals surface area contributed by atoms with Gasteiger partial charge in [-0.3, -0.25) is 4.98 Å². The molecule has 0 aliphatic heterocycles. The maximum atomic E-state index is 9.92. The lowest BCUT2D eigenvalue weighted by Gasteiger charge is -2.14. The Morgan fingerprint density at radius 1 is 1.20 bits per heavy atom. The molecule has 1 N–H and O–H groups in total. The maximum Gasteiger partial charge on any atom is 0.141 e. The van der Waals surface area contributed by atoms with Crippen molar-refractivity contribution in [3.05, 3.63) is 42.2 Å². The Morgan fingerprint density at radius 2 is 2.00 bits per heavy atom. The SMILES string of the molecule is Cc1c(O)cccc1-c1nc2cnccc2n1C(C)C. The predicted octanol–water partition coefficient (Wildman–Crippen LogP) is 3.69. The lowest BCUT2D eigenvalue weighted by atomic mass is 10.1. The average molecular weight is 267 g/mol. The summed E-state index contributed by atoms with van der Waals surface area (Å²) in [6, 6.07) is 7.79. The van der Waals surface area contributed by atoms with Gasteiger partial charge in [0.05, 0.1) is 11.7 Å². The van der Waals surface area contributed by atoms with E-state index in [1.54, 1.807) is 18.5 Å². The topological polar surface area (TPSA) is 50.9 Å². The molecule has 0 aliphatic rings. The standard InChI is InChI=1S/C16H17N3O/c1-10(2)19-14-7-8-17-9-13(14)18-16(19)12-5-4-6-15(20)11(12)3/h4-10,20H,1-3H3. The third-order valence-electron chi connectivity index (χ3n) is 3.55. The molecule has 0 atom stereocenters. The molecule has 3 aromatic rings. The minimum absolute atomic E-state index is 0.277. The highest BCUT2D eigenvalue weighted by Gasteiger charge is 2.17. The van der Waals surface area contributed by atoms with Crippen LogP contribution in [0.15, 0.2) is 36.7 Å². The fourth-order valence-corrected chi connectivity index (χ4v) is 2.53. The maximum absolute atomic E-state index is 9.92. The molecular weight excluding hydrogens is 250 g/mol. The van der Waals surface area contributed by atoms with E-state index in [4.69, 9.17) is 4.98 Å². The Morgan fingerprint density at radius 3 is 2.75 bits per heavy atom. The third kappa shape index (κ3) is 1.84. The number of hydrogen-bond donors (Lipinski definition) is 1. The molecule has 2 heterocycles. The van der Waals surface area contributed by atoms with Crippen LogP contribution in [0.2, 0.25) is 0 Å². The van der Waals surface area contributed by atoms with E-state index < -0.39 is 0 Å². The number of benzene rings is 1.